The van der Waals surface area contributed by atoms with E-state index in [0.717, 1.165) is 0 Å². The second-order valence-corrected chi connectivity index (χ2v) is 11.7. The number of ketones is 4. The van der Waals surface area contributed by atoms with Crippen LogP contribution in [-0.4, -0.2) is 38.5 Å². The minimum atomic E-state index is -1.18. The molecule has 0 unspecified atom stereocenters. The molecule has 3 atom stereocenters. The lowest BCUT2D eigenvalue weighted by Crippen LogP contribution is -2.54. The lowest BCUT2D eigenvalue weighted by Gasteiger charge is -2.59. The first-order chi connectivity index (χ1) is 17.1. The Morgan fingerprint density at radius 3 is 2.24 bits per heavy atom. The quantitative estimate of drug-likeness (QED) is 0.483. The molecular formula is C30H34O7. The molecule has 0 radical (unpaired) electrons. The van der Waals surface area contributed by atoms with Gasteiger partial charge in [0.25, 0.3) is 0 Å². The monoisotopic (exact) mass is 506 g/mol. The molecule has 7 nitrogen and oxygen atoms in total. The first kappa shape index (κ1) is 26.6. The van der Waals surface area contributed by atoms with E-state index in [1.54, 1.807) is 19.1 Å². The summed E-state index contributed by atoms with van der Waals surface area (Å²) in [5.41, 5.74) is -1.20. The molecule has 3 N–H and O–H groups in total. The summed E-state index contributed by atoms with van der Waals surface area (Å²) in [6.45, 7) is 12.4. The fraction of sp³-hybridized carbons (Fsp3) is 0.467. The van der Waals surface area contributed by atoms with Crippen LogP contribution in [0.3, 0.4) is 0 Å². The number of Topliss-reactive ketones (excluding diaryl/α,β-unsaturated/α-hetero) is 4. The summed E-state index contributed by atoms with van der Waals surface area (Å²) in [4.78, 5) is 49.9. The largest absolute Gasteiger partial charge is 0.512 e. The van der Waals surface area contributed by atoms with E-state index in [4.69, 9.17) is 0 Å². The van der Waals surface area contributed by atoms with Gasteiger partial charge in [-0.25, -0.2) is 0 Å². The third-order valence-corrected chi connectivity index (χ3v) is 8.93. The van der Waals surface area contributed by atoms with Crippen LogP contribution >= 0.6 is 0 Å². The van der Waals surface area contributed by atoms with Crippen molar-refractivity contribution < 1.29 is 34.5 Å². The smallest absolute Gasteiger partial charge is 0.196 e. The zero-order chi connectivity index (χ0) is 27.7. The summed E-state index contributed by atoms with van der Waals surface area (Å²) in [7, 11) is 0. The molecule has 0 saturated heterocycles. The van der Waals surface area contributed by atoms with Crippen molar-refractivity contribution in [3.05, 3.63) is 63.6 Å². The van der Waals surface area contributed by atoms with Crippen molar-refractivity contribution >= 4 is 23.1 Å². The summed E-state index contributed by atoms with van der Waals surface area (Å²) in [5, 5.41) is 33.6. The molecule has 4 rings (SSSR count). The zero-order valence-corrected chi connectivity index (χ0v) is 22.1. The van der Waals surface area contributed by atoms with E-state index in [-0.39, 0.29) is 82.6 Å². The molecule has 0 aromatic heterocycles. The number of hydrogen-bond donors (Lipinski definition) is 3. The second-order valence-electron chi connectivity index (χ2n) is 11.7. The van der Waals surface area contributed by atoms with Gasteiger partial charge in [-0.05, 0) is 50.2 Å². The Labute approximate surface area is 216 Å². The lowest BCUT2D eigenvalue weighted by molar-refractivity contribution is -0.122. The molecule has 1 aromatic carbocycles. The molecule has 196 valence electrons. The number of aliphatic hydroxyl groups excluding tert-OH is 2. The number of benzene rings is 1. The van der Waals surface area contributed by atoms with Gasteiger partial charge in [-0.15, -0.1) is 0 Å². The van der Waals surface area contributed by atoms with Gasteiger partial charge in [0.1, 0.15) is 28.8 Å². The van der Waals surface area contributed by atoms with Gasteiger partial charge in [0, 0.05) is 42.2 Å². The standard InChI is InChI=1S/C30H34O7/c1-15(31)7-10-20(33)11-18-8-9-19-12-28(4)14-29(5)13-21(34)22(17(3)32)16(2)30(29,6)27(37)24(28)26(36)23(19)25(18)35/h8-9,34-35,37H,2,7,10-14H2,1,3-6H3/t28-,29+,30-/m1/s1. The average Bonchev–Trinajstić information content (AvgIpc) is 2.76. The van der Waals surface area contributed by atoms with Gasteiger partial charge in [0.2, 0.25) is 0 Å². The summed E-state index contributed by atoms with van der Waals surface area (Å²) < 4.78 is 0. The van der Waals surface area contributed by atoms with Gasteiger partial charge in [-0.2, -0.15) is 0 Å². The van der Waals surface area contributed by atoms with E-state index in [1.807, 2.05) is 13.8 Å². The Kier molecular flexibility index (Phi) is 6.13. The molecule has 0 saturated carbocycles. The maximum absolute atomic E-state index is 14.0. The molecule has 3 aliphatic rings. The fourth-order valence-electron chi connectivity index (χ4n) is 6.91. The van der Waals surface area contributed by atoms with Gasteiger partial charge >= 0.3 is 0 Å². The Morgan fingerprint density at radius 2 is 1.65 bits per heavy atom. The van der Waals surface area contributed by atoms with Crippen LogP contribution in [-0.2, 0) is 27.2 Å². The molecule has 0 amide bonds. The first-order valence-electron chi connectivity index (χ1n) is 12.5. The van der Waals surface area contributed by atoms with Crippen LogP contribution < -0.4 is 0 Å². The highest BCUT2D eigenvalue weighted by atomic mass is 16.3. The van der Waals surface area contributed by atoms with Gasteiger partial charge < -0.3 is 20.1 Å². The molecule has 0 heterocycles. The highest BCUT2D eigenvalue weighted by molar-refractivity contribution is 6.14. The summed E-state index contributed by atoms with van der Waals surface area (Å²) in [6, 6.07) is 3.37. The predicted molar refractivity (Wildman–Crippen MR) is 137 cm³/mol. The highest BCUT2D eigenvalue weighted by Gasteiger charge is 2.63. The van der Waals surface area contributed by atoms with Crippen molar-refractivity contribution in [3.8, 4) is 5.75 Å². The number of fused-ring (bicyclic) bond motifs is 3. The molecule has 0 aliphatic heterocycles. The Hall–Kier alpha value is -3.48. The third-order valence-electron chi connectivity index (χ3n) is 8.93. The predicted octanol–water partition coefficient (Wildman–Crippen LogP) is 5.21. The molecule has 37 heavy (non-hydrogen) atoms. The number of carbonyl (C=O) groups is 4. The normalized spacial score (nSPS) is 29.0. The maximum Gasteiger partial charge on any atom is 0.196 e. The molecule has 0 spiro atoms. The molecule has 0 bridgehead atoms. The van der Waals surface area contributed by atoms with E-state index in [9.17, 15) is 34.5 Å². The van der Waals surface area contributed by atoms with Gasteiger partial charge in [-0.3, -0.25) is 14.4 Å². The number of phenolic OH excluding ortho intramolecular Hbond substituents is 1. The number of hydrogen-bond acceptors (Lipinski definition) is 7. The molecule has 3 aliphatic carbocycles. The minimum Gasteiger partial charge on any atom is -0.512 e. The molecule has 0 fully saturated rings. The Balaban J connectivity index is 1.84. The fourth-order valence-corrected chi connectivity index (χ4v) is 6.91. The molecule has 1 aromatic rings. The Morgan fingerprint density at radius 1 is 1.00 bits per heavy atom. The van der Waals surface area contributed by atoms with Crippen LogP contribution in [0.5, 0.6) is 5.75 Å². The minimum absolute atomic E-state index is 0.0573. The average molecular weight is 507 g/mol. The summed E-state index contributed by atoms with van der Waals surface area (Å²) in [6.07, 6.45) is 1.01. The van der Waals surface area contributed by atoms with E-state index >= 15 is 0 Å². The van der Waals surface area contributed by atoms with Crippen LogP contribution in [0, 0.1) is 16.2 Å². The molecule has 7 heteroatoms. The van der Waals surface area contributed by atoms with Crippen LogP contribution in [0.4, 0.5) is 0 Å². The number of rotatable bonds is 6. The van der Waals surface area contributed by atoms with E-state index in [2.05, 4.69) is 6.58 Å². The van der Waals surface area contributed by atoms with Crippen molar-refractivity contribution in [3.63, 3.8) is 0 Å². The summed E-state index contributed by atoms with van der Waals surface area (Å²) in [5.74, 6) is -1.75. The first-order valence-corrected chi connectivity index (χ1v) is 12.5. The summed E-state index contributed by atoms with van der Waals surface area (Å²) >= 11 is 0. The zero-order valence-electron chi connectivity index (χ0n) is 22.1. The second kappa shape index (κ2) is 8.54. The number of carbonyl (C=O) groups excluding carboxylic acids is 4. The number of allylic oxidation sites excluding steroid dienone is 4. The number of aromatic hydroxyl groups is 1. The van der Waals surface area contributed by atoms with Gasteiger partial charge in [0.05, 0.1) is 16.6 Å². The van der Waals surface area contributed by atoms with E-state index in [0.29, 0.717) is 24.0 Å². The third kappa shape index (κ3) is 3.78. The van der Waals surface area contributed by atoms with Gasteiger partial charge in [0.15, 0.2) is 11.6 Å². The van der Waals surface area contributed by atoms with Crippen LogP contribution in [0.1, 0.15) is 81.8 Å². The van der Waals surface area contributed by atoms with Crippen LogP contribution in [0.2, 0.25) is 0 Å². The number of phenols is 1. The Bertz CT molecular complexity index is 1360. The van der Waals surface area contributed by atoms with Gasteiger partial charge in [-0.1, -0.05) is 32.6 Å². The van der Waals surface area contributed by atoms with Crippen LogP contribution in [0.15, 0.2) is 46.9 Å². The van der Waals surface area contributed by atoms with Crippen molar-refractivity contribution in [2.75, 3.05) is 0 Å². The van der Waals surface area contributed by atoms with Crippen molar-refractivity contribution in [1.82, 2.24) is 0 Å². The van der Waals surface area contributed by atoms with Crippen molar-refractivity contribution in [1.29, 1.82) is 0 Å². The molecular weight excluding hydrogens is 472 g/mol. The van der Waals surface area contributed by atoms with E-state index in [1.165, 1.54) is 13.8 Å². The SMILES string of the molecule is C=C1C(C(C)=O)=C(O)C[C@@]2(C)C[C@@]3(C)Cc4ccc(CC(=O)CCC(C)=O)c(O)c4C(=O)C3=C(O)[C@@]12C. The highest BCUT2D eigenvalue weighted by Crippen LogP contribution is 2.68. The van der Waals surface area contributed by atoms with Crippen LogP contribution in [0.25, 0.3) is 0 Å². The topological polar surface area (TPSA) is 129 Å². The number of aliphatic hydroxyl groups is 2. The van der Waals surface area contributed by atoms with E-state index < -0.39 is 22.0 Å². The lowest BCUT2D eigenvalue weighted by atomic mass is 9.44. The van der Waals surface area contributed by atoms with Crippen molar-refractivity contribution in [2.45, 2.75) is 73.1 Å². The van der Waals surface area contributed by atoms with Crippen molar-refractivity contribution in [2.24, 2.45) is 16.2 Å². The maximum atomic E-state index is 14.0.